The molecule has 1 rings (SSSR count). The molecule has 0 aliphatic rings. The van der Waals surface area contributed by atoms with Crippen LogP contribution < -0.4 is 0 Å². The second kappa shape index (κ2) is 19.8. The summed E-state index contributed by atoms with van der Waals surface area (Å²) in [5, 5.41) is 18.9. The van der Waals surface area contributed by atoms with Crippen molar-refractivity contribution in [1.29, 1.82) is 0 Å². The zero-order valence-corrected chi connectivity index (χ0v) is 18.0. The first kappa shape index (κ1) is 28.9. The van der Waals surface area contributed by atoms with Gasteiger partial charge in [-0.25, -0.2) is 0 Å². The van der Waals surface area contributed by atoms with Crippen molar-refractivity contribution < 1.29 is 43.2 Å². The topological polar surface area (TPSA) is 136 Å². The van der Waals surface area contributed by atoms with Crippen molar-refractivity contribution in [2.24, 2.45) is 0 Å². The lowest BCUT2D eigenvalue weighted by atomic mass is 10.1. The Morgan fingerprint density at radius 3 is 2.23 bits per heavy atom. The largest absolute Gasteiger partial charge is 0.431 e. The third kappa shape index (κ3) is 14.5. The van der Waals surface area contributed by atoms with Crippen molar-refractivity contribution in [3.05, 3.63) is 46.9 Å². The fraction of sp³-hybridized carbons (Fsp3) is 0.600. The zero-order chi connectivity index (χ0) is 23.3. The van der Waals surface area contributed by atoms with Crippen LogP contribution in [0.3, 0.4) is 0 Å². The van der Waals surface area contributed by atoms with Gasteiger partial charge < -0.3 is 40.5 Å². The molecule has 0 aliphatic heterocycles. The maximum absolute atomic E-state index is 11.9. The van der Waals surface area contributed by atoms with Gasteiger partial charge in [0.1, 0.15) is 6.79 Å². The summed E-state index contributed by atoms with van der Waals surface area (Å²) < 4.78 is 30.1. The van der Waals surface area contributed by atoms with Crippen LogP contribution in [0, 0.1) is 17.0 Å². The minimum absolute atomic E-state index is 0.00882. The number of ether oxygens (including phenoxy) is 6. The Labute approximate surface area is 182 Å². The first-order chi connectivity index (χ1) is 15.0. The number of methoxy groups -OCH3 is 1. The highest BCUT2D eigenvalue weighted by molar-refractivity contribution is 5.69. The molecule has 1 aromatic carbocycles. The van der Waals surface area contributed by atoms with Gasteiger partial charge in [-0.2, -0.15) is 0 Å². The fourth-order valence-electron chi connectivity index (χ4n) is 2.06. The van der Waals surface area contributed by atoms with Crippen molar-refractivity contribution in [1.82, 2.24) is 0 Å². The van der Waals surface area contributed by atoms with Crippen LogP contribution in [-0.4, -0.2) is 76.2 Å². The van der Waals surface area contributed by atoms with Gasteiger partial charge in [0.05, 0.1) is 49.9 Å². The Hall–Kier alpha value is -2.15. The predicted molar refractivity (Wildman–Crippen MR) is 110 cm³/mol. The van der Waals surface area contributed by atoms with Gasteiger partial charge in [0, 0.05) is 19.8 Å². The molecule has 0 aliphatic carbocycles. The lowest BCUT2D eigenvalue weighted by Crippen LogP contribution is -2.16. The first-order valence-electron chi connectivity index (χ1n) is 9.68. The number of hydrogen-bond donors (Lipinski definition) is 1. The van der Waals surface area contributed by atoms with Crippen LogP contribution in [0.15, 0.2) is 24.3 Å². The smallest absolute Gasteiger partial charge is 0.310 e. The Bertz CT molecular complexity index is 597. The maximum atomic E-state index is 11.9. The predicted octanol–water partition coefficient (Wildman–Crippen LogP) is 2.03. The number of carbonyl (C=O) groups is 1. The van der Waals surface area contributed by atoms with Crippen LogP contribution in [-0.2, 0) is 33.2 Å². The number of carbonyl (C=O) groups excluding carboxylic acids is 1. The van der Waals surface area contributed by atoms with Crippen molar-refractivity contribution >= 4 is 11.7 Å². The molecular formula is C20H32NO10-. The molecule has 0 radical (unpaired) electrons. The van der Waals surface area contributed by atoms with Gasteiger partial charge in [-0.3, -0.25) is 14.9 Å². The van der Waals surface area contributed by atoms with E-state index in [1.807, 2.05) is 6.92 Å². The van der Waals surface area contributed by atoms with E-state index in [9.17, 15) is 14.9 Å². The van der Waals surface area contributed by atoms with Gasteiger partial charge in [0.2, 0.25) is 6.29 Å². The number of para-hydroxylation sites is 1. The summed E-state index contributed by atoms with van der Waals surface area (Å²) in [5.74, 6) is -0.584. The summed E-state index contributed by atoms with van der Waals surface area (Å²) in [6.45, 7) is 7.97. The van der Waals surface area contributed by atoms with E-state index >= 15 is 0 Å². The normalized spacial score (nSPS) is 11.4. The number of esters is 1. The third-order valence-corrected chi connectivity index (χ3v) is 3.47. The lowest BCUT2D eigenvalue weighted by molar-refractivity contribution is -0.386. The molecule has 0 saturated carbocycles. The number of nitro groups is 1. The molecule has 1 atom stereocenters. The van der Waals surface area contributed by atoms with Crippen LogP contribution in [0.4, 0.5) is 5.69 Å². The quantitative estimate of drug-likeness (QED) is 0.100. The van der Waals surface area contributed by atoms with Crippen LogP contribution in [0.1, 0.15) is 25.2 Å². The van der Waals surface area contributed by atoms with E-state index in [1.54, 1.807) is 6.07 Å². The summed E-state index contributed by atoms with van der Waals surface area (Å²) >= 11 is 0. The summed E-state index contributed by atoms with van der Waals surface area (Å²) in [6, 6.07) is 5.93. The molecule has 0 saturated heterocycles. The first-order valence-corrected chi connectivity index (χ1v) is 9.68. The summed E-state index contributed by atoms with van der Waals surface area (Å²) in [7, 11) is 1.31. The Balaban J connectivity index is 0.00000161. The minimum atomic E-state index is -1.15. The molecule has 0 bridgehead atoms. The van der Waals surface area contributed by atoms with E-state index in [0.717, 1.165) is 0 Å². The number of nitrogens with zero attached hydrogens (tertiary/aromatic N) is 1. The van der Waals surface area contributed by atoms with E-state index in [2.05, 4.69) is 11.7 Å². The van der Waals surface area contributed by atoms with Crippen LogP contribution in [0.5, 0.6) is 0 Å². The number of benzene rings is 1. The van der Waals surface area contributed by atoms with Crippen molar-refractivity contribution in [3.8, 4) is 0 Å². The molecule has 11 nitrogen and oxygen atoms in total. The summed E-state index contributed by atoms with van der Waals surface area (Å²) in [6.07, 6.45) is -1.16. The molecule has 0 amide bonds. The molecule has 178 valence electrons. The Morgan fingerprint density at radius 2 is 1.71 bits per heavy atom. The molecule has 11 heteroatoms. The van der Waals surface area contributed by atoms with E-state index in [1.165, 1.54) is 25.3 Å². The van der Waals surface area contributed by atoms with Crippen LogP contribution >= 0.6 is 0 Å². The average Bonchev–Trinajstić information content (AvgIpc) is 2.77. The Morgan fingerprint density at radius 1 is 1.10 bits per heavy atom. The lowest BCUT2D eigenvalue weighted by Gasteiger charge is -2.16. The highest BCUT2D eigenvalue weighted by Crippen LogP contribution is 2.28. The molecule has 0 aromatic heterocycles. The maximum Gasteiger partial charge on any atom is 0.310 e. The second-order valence-electron chi connectivity index (χ2n) is 5.58. The molecule has 31 heavy (non-hydrogen) atoms. The minimum Gasteiger partial charge on any atom is -0.431 e. The van der Waals surface area contributed by atoms with Gasteiger partial charge in [0.25, 0.3) is 5.69 Å². The third-order valence-electron chi connectivity index (χ3n) is 3.47. The van der Waals surface area contributed by atoms with Gasteiger partial charge >= 0.3 is 5.97 Å². The molecule has 1 aromatic rings. The molecule has 0 spiro atoms. The number of aliphatic hydroxyl groups is 1. The average molecular weight is 446 g/mol. The highest BCUT2D eigenvalue weighted by Gasteiger charge is 2.24. The number of aliphatic hydroxyl groups excluding tert-OH is 1. The summed E-state index contributed by atoms with van der Waals surface area (Å²) in [4.78, 5) is 22.4. The van der Waals surface area contributed by atoms with Crippen molar-refractivity contribution in [3.63, 3.8) is 0 Å². The molecule has 1 N–H and O–H groups in total. The van der Waals surface area contributed by atoms with Gasteiger partial charge in [0.15, 0.2) is 0 Å². The monoisotopic (exact) mass is 446 g/mol. The van der Waals surface area contributed by atoms with Crippen molar-refractivity contribution in [2.45, 2.75) is 19.6 Å². The van der Waals surface area contributed by atoms with Crippen molar-refractivity contribution in [2.75, 3.05) is 60.2 Å². The van der Waals surface area contributed by atoms with E-state index < -0.39 is 17.2 Å². The van der Waals surface area contributed by atoms with E-state index in [0.29, 0.717) is 39.6 Å². The highest BCUT2D eigenvalue weighted by atomic mass is 16.7. The zero-order valence-electron chi connectivity index (χ0n) is 18.0. The van der Waals surface area contributed by atoms with E-state index in [-0.39, 0.29) is 31.1 Å². The number of hydrogen-bond acceptors (Lipinski definition) is 10. The van der Waals surface area contributed by atoms with E-state index in [4.69, 9.17) is 28.8 Å². The molecule has 1 unspecified atom stereocenters. The fourth-order valence-corrected chi connectivity index (χ4v) is 2.06. The SMILES string of the molecule is CCOCO.[CH2-]COCCOCCOCCC(=O)OC(OC)c1ccccc1[N+](=O)[O-]. The summed E-state index contributed by atoms with van der Waals surface area (Å²) in [5.41, 5.74) is -0.00412. The van der Waals surface area contributed by atoms with Crippen LogP contribution in [0.2, 0.25) is 0 Å². The number of rotatable bonds is 16. The van der Waals surface area contributed by atoms with Crippen LogP contribution in [0.25, 0.3) is 0 Å². The molecular weight excluding hydrogens is 414 g/mol. The Kier molecular flexibility index (Phi) is 18.4. The molecule has 0 heterocycles. The number of nitro benzene ring substituents is 1. The second-order valence-corrected chi connectivity index (χ2v) is 5.58. The van der Waals surface area contributed by atoms with Gasteiger partial charge in [-0.15, -0.1) is 0 Å². The van der Waals surface area contributed by atoms with Gasteiger partial charge in [-0.05, 0) is 13.0 Å². The standard InChI is InChI=1S/C17H24NO8.C3H8O2/c1-3-23-10-11-25-13-12-24-9-8-16(19)26-17(22-2)14-6-4-5-7-15(14)18(20)21;1-2-5-3-4/h4-7,17H,1,3,8-13H2,2H3;4H,2-3H2,1H3/q-1;. The van der Waals surface area contributed by atoms with Gasteiger partial charge in [-0.1, -0.05) is 18.7 Å². The molecule has 0 fully saturated rings.